The molecule has 0 atom stereocenters. The van der Waals surface area contributed by atoms with Gasteiger partial charge in [-0.3, -0.25) is 4.79 Å². The molecule has 1 fully saturated rings. The van der Waals surface area contributed by atoms with Crippen molar-refractivity contribution in [1.29, 1.82) is 0 Å². The molecular weight excluding hydrogens is 460 g/mol. The highest BCUT2D eigenvalue weighted by Gasteiger charge is 2.21. The number of amides is 1. The molecule has 37 heavy (non-hydrogen) atoms. The fraction of sp³-hybridized carbons (Fsp3) is 0.613. The Balaban J connectivity index is 1.62. The predicted molar refractivity (Wildman–Crippen MR) is 152 cm³/mol. The van der Waals surface area contributed by atoms with E-state index in [2.05, 4.69) is 48.1 Å². The topological polar surface area (TPSA) is 54.5 Å². The van der Waals surface area contributed by atoms with E-state index in [1.807, 2.05) is 31.2 Å². The van der Waals surface area contributed by atoms with E-state index >= 15 is 0 Å². The van der Waals surface area contributed by atoms with Crippen LogP contribution < -0.4 is 0 Å². The molecule has 0 N–H and O–H groups in total. The van der Waals surface area contributed by atoms with Gasteiger partial charge in [-0.05, 0) is 101 Å². The smallest absolute Gasteiger partial charge is 0.253 e. The lowest BCUT2D eigenvalue weighted by atomic mass is 10.1. The second-order valence-corrected chi connectivity index (χ2v) is 11.6. The average molecular weight is 507 g/mol. The maximum atomic E-state index is 13.7. The zero-order valence-electron chi connectivity index (χ0n) is 23.6. The molecule has 0 saturated carbocycles. The highest BCUT2D eigenvalue weighted by Crippen LogP contribution is 2.28. The monoisotopic (exact) mass is 506 g/mol. The first-order valence-corrected chi connectivity index (χ1v) is 14.4. The zero-order chi connectivity index (χ0) is 26.4. The minimum atomic E-state index is 0.125. The van der Waals surface area contributed by atoms with Crippen molar-refractivity contribution in [2.24, 2.45) is 11.8 Å². The third-order valence-electron chi connectivity index (χ3n) is 7.50. The lowest BCUT2D eigenvalue weighted by Crippen LogP contribution is -2.34. The van der Waals surface area contributed by atoms with E-state index in [-0.39, 0.29) is 5.91 Å². The van der Waals surface area contributed by atoms with Crippen LogP contribution in [-0.4, -0.2) is 58.0 Å². The standard InChI is InChI=1S/C31H46N4O2/c1-23(2)14-20-34(21-15-24(3)4)31(36)26-11-12-27-28(22-26)35(19-9-18-33-16-7-6-8-17-33)30(32-27)29-13-10-25(5)37-29/h10-13,22-24H,6-9,14-21H2,1-5H3. The van der Waals surface area contributed by atoms with Crippen LogP contribution in [-0.2, 0) is 6.54 Å². The summed E-state index contributed by atoms with van der Waals surface area (Å²) in [7, 11) is 0. The summed E-state index contributed by atoms with van der Waals surface area (Å²) < 4.78 is 8.26. The fourth-order valence-corrected chi connectivity index (χ4v) is 5.19. The number of rotatable bonds is 12. The van der Waals surface area contributed by atoms with Gasteiger partial charge in [-0.1, -0.05) is 34.1 Å². The SMILES string of the molecule is Cc1ccc(-c2nc3ccc(C(=O)N(CCC(C)C)CCC(C)C)cc3n2CCCN2CCCCC2)o1. The number of aryl methyl sites for hydroxylation is 2. The second kappa shape index (κ2) is 12.8. The molecule has 0 bridgehead atoms. The molecule has 1 amide bonds. The summed E-state index contributed by atoms with van der Waals surface area (Å²) in [5.74, 6) is 3.77. The number of benzene rings is 1. The number of likely N-dealkylation sites (tertiary alicyclic amines) is 1. The van der Waals surface area contributed by atoms with Gasteiger partial charge in [-0.2, -0.15) is 0 Å². The number of imidazole rings is 1. The lowest BCUT2D eigenvalue weighted by molar-refractivity contribution is 0.0741. The maximum absolute atomic E-state index is 13.7. The number of nitrogens with zero attached hydrogens (tertiary/aromatic N) is 4. The van der Waals surface area contributed by atoms with Gasteiger partial charge in [0.15, 0.2) is 11.6 Å². The minimum Gasteiger partial charge on any atom is -0.458 e. The molecule has 0 aliphatic carbocycles. The van der Waals surface area contributed by atoms with Crippen LogP contribution in [0.1, 0.15) is 82.3 Å². The van der Waals surface area contributed by atoms with Crippen LogP contribution in [0.2, 0.25) is 0 Å². The van der Waals surface area contributed by atoms with Crippen LogP contribution in [0, 0.1) is 18.8 Å². The third-order valence-corrected chi connectivity index (χ3v) is 7.50. The summed E-state index contributed by atoms with van der Waals surface area (Å²) in [4.78, 5) is 23.3. The Morgan fingerprint density at radius 1 is 0.973 bits per heavy atom. The zero-order valence-corrected chi connectivity index (χ0v) is 23.6. The summed E-state index contributed by atoms with van der Waals surface area (Å²) in [6.07, 6.45) is 7.05. The van der Waals surface area contributed by atoms with E-state index in [0.717, 1.165) is 79.4 Å². The molecule has 1 aliphatic rings. The summed E-state index contributed by atoms with van der Waals surface area (Å²) >= 11 is 0. The Hall–Kier alpha value is -2.60. The Morgan fingerprint density at radius 3 is 2.30 bits per heavy atom. The van der Waals surface area contributed by atoms with Gasteiger partial charge >= 0.3 is 0 Å². The number of piperidine rings is 1. The van der Waals surface area contributed by atoms with Crippen molar-refractivity contribution in [3.05, 3.63) is 41.7 Å². The van der Waals surface area contributed by atoms with Gasteiger partial charge in [0.2, 0.25) is 0 Å². The summed E-state index contributed by atoms with van der Waals surface area (Å²) in [5.41, 5.74) is 2.68. The first-order valence-electron chi connectivity index (χ1n) is 14.4. The van der Waals surface area contributed by atoms with Crippen LogP contribution in [0.5, 0.6) is 0 Å². The van der Waals surface area contributed by atoms with Crippen molar-refractivity contribution in [1.82, 2.24) is 19.4 Å². The number of furan rings is 1. The predicted octanol–water partition coefficient (Wildman–Crippen LogP) is 7.02. The molecule has 6 nitrogen and oxygen atoms in total. The van der Waals surface area contributed by atoms with E-state index < -0.39 is 0 Å². The third kappa shape index (κ3) is 7.25. The van der Waals surface area contributed by atoms with Gasteiger partial charge in [0, 0.05) is 25.2 Å². The van der Waals surface area contributed by atoms with Crippen LogP contribution in [0.15, 0.2) is 34.7 Å². The summed E-state index contributed by atoms with van der Waals surface area (Å²) in [6, 6.07) is 10.0. The molecule has 0 unspecified atom stereocenters. The number of carbonyl (C=O) groups excluding carboxylic acids is 1. The maximum Gasteiger partial charge on any atom is 0.253 e. The molecule has 0 spiro atoms. The number of aromatic nitrogens is 2. The van der Waals surface area contributed by atoms with Crippen molar-refractivity contribution < 1.29 is 9.21 Å². The number of hydrogen-bond donors (Lipinski definition) is 0. The second-order valence-electron chi connectivity index (χ2n) is 11.6. The van der Waals surface area contributed by atoms with E-state index in [4.69, 9.17) is 9.40 Å². The molecule has 3 aromatic rings. The first-order chi connectivity index (χ1) is 17.8. The van der Waals surface area contributed by atoms with E-state index in [0.29, 0.717) is 11.8 Å². The molecule has 202 valence electrons. The van der Waals surface area contributed by atoms with Crippen molar-refractivity contribution in [2.75, 3.05) is 32.7 Å². The summed E-state index contributed by atoms with van der Waals surface area (Å²) in [6.45, 7) is 16.8. The highest BCUT2D eigenvalue weighted by atomic mass is 16.3. The fourth-order valence-electron chi connectivity index (χ4n) is 5.19. The molecule has 1 aliphatic heterocycles. The number of carbonyl (C=O) groups is 1. The van der Waals surface area contributed by atoms with E-state index in [1.54, 1.807) is 0 Å². The molecule has 3 heterocycles. The largest absolute Gasteiger partial charge is 0.458 e. The van der Waals surface area contributed by atoms with Gasteiger partial charge in [-0.15, -0.1) is 0 Å². The van der Waals surface area contributed by atoms with Gasteiger partial charge in [0.25, 0.3) is 5.91 Å². The number of fused-ring (bicyclic) bond motifs is 1. The highest BCUT2D eigenvalue weighted by molar-refractivity contribution is 5.98. The Morgan fingerprint density at radius 2 is 1.68 bits per heavy atom. The minimum absolute atomic E-state index is 0.125. The van der Waals surface area contributed by atoms with E-state index in [1.165, 1.54) is 32.4 Å². The molecule has 1 saturated heterocycles. The Bertz CT molecular complexity index is 1140. The molecule has 2 aromatic heterocycles. The molecule has 4 rings (SSSR count). The van der Waals surface area contributed by atoms with Crippen LogP contribution in [0.25, 0.3) is 22.6 Å². The Labute approximate surface area is 223 Å². The molecular formula is C31H46N4O2. The van der Waals surface area contributed by atoms with Crippen LogP contribution in [0.3, 0.4) is 0 Å². The van der Waals surface area contributed by atoms with E-state index in [9.17, 15) is 4.79 Å². The molecule has 0 radical (unpaired) electrons. The molecule has 6 heteroatoms. The van der Waals surface area contributed by atoms with Crippen molar-refractivity contribution in [2.45, 2.75) is 79.7 Å². The van der Waals surface area contributed by atoms with Gasteiger partial charge < -0.3 is 18.8 Å². The van der Waals surface area contributed by atoms with Gasteiger partial charge in [-0.25, -0.2) is 4.98 Å². The first kappa shape index (κ1) is 27.4. The Kier molecular flexibility index (Phi) is 9.47. The normalized spacial score (nSPS) is 14.8. The van der Waals surface area contributed by atoms with Gasteiger partial charge in [0.05, 0.1) is 11.0 Å². The van der Waals surface area contributed by atoms with Crippen LogP contribution >= 0.6 is 0 Å². The summed E-state index contributed by atoms with van der Waals surface area (Å²) in [5, 5.41) is 0. The molecule has 1 aromatic carbocycles. The van der Waals surface area contributed by atoms with Crippen molar-refractivity contribution in [3.63, 3.8) is 0 Å². The van der Waals surface area contributed by atoms with Crippen molar-refractivity contribution >= 4 is 16.9 Å². The lowest BCUT2D eigenvalue weighted by Gasteiger charge is -2.26. The van der Waals surface area contributed by atoms with Crippen LogP contribution in [0.4, 0.5) is 0 Å². The average Bonchev–Trinajstić information content (AvgIpc) is 3.47. The van der Waals surface area contributed by atoms with Gasteiger partial charge in [0.1, 0.15) is 5.76 Å². The quantitative estimate of drug-likeness (QED) is 0.265. The number of hydrogen-bond acceptors (Lipinski definition) is 4. The van der Waals surface area contributed by atoms with Crippen molar-refractivity contribution in [3.8, 4) is 11.6 Å².